The summed E-state index contributed by atoms with van der Waals surface area (Å²) < 4.78 is 0. The average Bonchev–Trinajstić information content (AvgIpc) is 2.86. The van der Waals surface area contributed by atoms with Gasteiger partial charge >= 0.3 is 0 Å². The molecule has 1 amide bonds. The van der Waals surface area contributed by atoms with Crippen LogP contribution in [-0.4, -0.2) is 5.91 Å². The monoisotopic (exact) mass is 371 g/mol. The van der Waals surface area contributed by atoms with Crippen LogP contribution in [0.2, 0.25) is 5.02 Å². The number of anilines is 1. The van der Waals surface area contributed by atoms with E-state index >= 15 is 0 Å². The fraction of sp³-hybridized carbons (Fsp3) is 0.125. The van der Waals surface area contributed by atoms with Gasteiger partial charge in [0.05, 0.1) is 0 Å². The number of aryl methyl sites for hydroxylation is 1. The molecule has 0 radical (unpaired) electrons. The molecule has 1 N–H and O–H groups in total. The lowest BCUT2D eigenvalue weighted by Crippen LogP contribution is -2.27. The van der Waals surface area contributed by atoms with E-state index in [1.165, 1.54) is 5.56 Å². The molecule has 3 heteroatoms. The van der Waals surface area contributed by atoms with Crippen LogP contribution in [0, 0.1) is 0 Å². The van der Waals surface area contributed by atoms with Crippen LogP contribution in [0.3, 0.4) is 0 Å². The molecule has 0 saturated carbocycles. The summed E-state index contributed by atoms with van der Waals surface area (Å²) in [6.45, 7) is 0. The summed E-state index contributed by atoms with van der Waals surface area (Å²) in [5.74, 6) is 0.0407. The van der Waals surface area contributed by atoms with E-state index in [-0.39, 0.29) is 11.8 Å². The zero-order chi connectivity index (χ0) is 18.4. The summed E-state index contributed by atoms with van der Waals surface area (Å²) in [5.41, 5.74) is 7.43. The predicted molar refractivity (Wildman–Crippen MR) is 110 cm³/mol. The van der Waals surface area contributed by atoms with Crippen LogP contribution in [0.1, 0.15) is 34.6 Å². The molecule has 1 heterocycles. The number of hydrogen-bond acceptors (Lipinski definition) is 1. The number of nitrogens with one attached hydrogen (secondary N) is 1. The molecule has 2 nitrogen and oxygen atoms in total. The summed E-state index contributed by atoms with van der Waals surface area (Å²) in [6, 6.07) is 24.5. The van der Waals surface area contributed by atoms with Crippen molar-refractivity contribution in [1.29, 1.82) is 0 Å². The fourth-order valence-electron chi connectivity index (χ4n) is 4.37. The van der Waals surface area contributed by atoms with Crippen LogP contribution in [0.4, 0.5) is 5.69 Å². The van der Waals surface area contributed by atoms with Gasteiger partial charge in [0.1, 0.15) is 0 Å². The third-order valence-corrected chi connectivity index (χ3v) is 5.79. The molecule has 3 aromatic rings. The van der Waals surface area contributed by atoms with E-state index in [0.717, 1.165) is 46.4 Å². The number of hydrogen-bond donors (Lipinski definition) is 1. The normalized spacial score (nSPS) is 18.1. The van der Waals surface area contributed by atoms with Crippen LogP contribution in [0.15, 0.2) is 78.4 Å². The predicted octanol–water partition coefficient (Wildman–Crippen LogP) is 5.82. The van der Waals surface area contributed by atoms with E-state index in [2.05, 4.69) is 47.8 Å². The lowest BCUT2D eigenvalue weighted by molar-refractivity contribution is -0.113. The first-order valence-electron chi connectivity index (χ1n) is 9.21. The Hall–Kier alpha value is -2.84. The second-order valence-corrected chi connectivity index (χ2v) is 7.53. The standard InChI is InChI=1S/C24H18ClNO/c25-17-11-13-19-20-12-10-15-6-4-5-9-18(15)22(16-7-2-1-3-8-16)23(20)24(27)26-21(19)14-17/h1-9,11,13-14,20H,10,12H2,(H,26,27). The highest BCUT2D eigenvalue weighted by Gasteiger charge is 2.35. The molecule has 1 aliphatic carbocycles. The molecule has 0 saturated heterocycles. The van der Waals surface area contributed by atoms with E-state index in [4.69, 9.17) is 11.6 Å². The van der Waals surface area contributed by atoms with Crippen molar-refractivity contribution in [3.05, 3.63) is 106 Å². The maximum Gasteiger partial charge on any atom is 0.252 e. The minimum absolute atomic E-state index is 0.0228. The fourth-order valence-corrected chi connectivity index (χ4v) is 4.55. The summed E-state index contributed by atoms with van der Waals surface area (Å²) in [6.07, 6.45) is 1.85. The molecule has 5 rings (SSSR count). The number of benzene rings is 3. The highest BCUT2D eigenvalue weighted by atomic mass is 35.5. The van der Waals surface area contributed by atoms with Gasteiger partial charge in [-0.05, 0) is 52.8 Å². The zero-order valence-electron chi connectivity index (χ0n) is 14.7. The van der Waals surface area contributed by atoms with Crippen LogP contribution >= 0.6 is 11.6 Å². The molecule has 1 unspecified atom stereocenters. The summed E-state index contributed by atoms with van der Waals surface area (Å²) >= 11 is 6.17. The van der Waals surface area contributed by atoms with Gasteiger partial charge in [0.15, 0.2) is 0 Å². The zero-order valence-corrected chi connectivity index (χ0v) is 15.5. The first-order valence-corrected chi connectivity index (χ1v) is 9.59. The van der Waals surface area contributed by atoms with Crippen LogP contribution in [0.25, 0.3) is 5.57 Å². The Labute approximate surface area is 163 Å². The summed E-state index contributed by atoms with van der Waals surface area (Å²) in [5, 5.41) is 3.72. The third-order valence-electron chi connectivity index (χ3n) is 5.55. The smallest absolute Gasteiger partial charge is 0.252 e. The minimum atomic E-state index is -0.0228. The van der Waals surface area contributed by atoms with Crippen LogP contribution in [-0.2, 0) is 11.2 Å². The molecule has 1 aliphatic heterocycles. The van der Waals surface area contributed by atoms with E-state index in [9.17, 15) is 4.79 Å². The Morgan fingerprint density at radius 2 is 1.70 bits per heavy atom. The largest absolute Gasteiger partial charge is 0.322 e. The van der Waals surface area contributed by atoms with E-state index in [1.807, 2.05) is 30.3 Å². The highest BCUT2D eigenvalue weighted by Crippen LogP contribution is 2.47. The second kappa shape index (κ2) is 6.40. The Kier molecular flexibility index (Phi) is 3.87. The van der Waals surface area contributed by atoms with Crippen molar-refractivity contribution in [2.24, 2.45) is 0 Å². The number of halogens is 1. The first kappa shape index (κ1) is 16.3. The molecule has 0 aromatic heterocycles. The Bertz CT molecular complexity index is 1080. The maximum absolute atomic E-state index is 13.2. The van der Waals surface area contributed by atoms with Gasteiger partial charge in [-0.3, -0.25) is 4.79 Å². The maximum atomic E-state index is 13.2. The summed E-state index contributed by atoms with van der Waals surface area (Å²) in [4.78, 5) is 13.2. The van der Waals surface area contributed by atoms with Gasteiger partial charge in [-0.15, -0.1) is 0 Å². The van der Waals surface area contributed by atoms with Crippen LogP contribution in [0.5, 0.6) is 0 Å². The molecule has 2 aliphatic rings. The topological polar surface area (TPSA) is 29.1 Å². The van der Waals surface area contributed by atoms with Crippen molar-refractivity contribution in [1.82, 2.24) is 0 Å². The van der Waals surface area contributed by atoms with E-state index < -0.39 is 0 Å². The lowest BCUT2D eigenvalue weighted by Gasteiger charge is -2.29. The summed E-state index contributed by atoms with van der Waals surface area (Å²) in [7, 11) is 0. The van der Waals surface area contributed by atoms with Crippen molar-refractivity contribution >= 4 is 28.8 Å². The molecular formula is C24H18ClNO. The second-order valence-electron chi connectivity index (χ2n) is 7.09. The number of carbonyl (C=O) groups is 1. The van der Waals surface area contributed by atoms with E-state index in [0.29, 0.717) is 5.02 Å². The Morgan fingerprint density at radius 1 is 0.926 bits per heavy atom. The van der Waals surface area contributed by atoms with Gasteiger partial charge in [-0.1, -0.05) is 72.3 Å². The van der Waals surface area contributed by atoms with Gasteiger partial charge in [-0.25, -0.2) is 0 Å². The third kappa shape index (κ3) is 2.68. The number of carbonyl (C=O) groups excluding carboxylic acids is 1. The molecular weight excluding hydrogens is 354 g/mol. The van der Waals surface area contributed by atoms with Gasteiger partial charge < -0.3 is 5.32 Å². The number of rotatable bonds is 1. The quantitative estimate of drug-likeness (QED) is 0.573. The van der Waals surface area contributed by atoms with Crippen LogP contribution < -0.4 is 5.32 Å². The van der Waals surface area contributed by atoms with Crippen molar-refractivity contribution in [2.75, 3.05) is 5.32 Å². The molecule has 132 valence electrons. The minimum Gasteiger partial charge on any atom is -0.322 e. The number of fused-ring (bicyclic) bond motifs is 4. The van der Waals surface area contributed by atoms with Gasteiger partial charge in [-0.2, -0.15) is 0 Å². The molecule has 0 spiro atoms. The Balaban J connectivity index is 1.83. The number of amides is 1. The molecule has 0 fully saturated rings. The lowest BCUT2D eigenvalue weighted by atomic mass is 9.80. The van der Waals surface area contributed by atoms with Crippen molar-refractivity contribution in [3.8, 4) is 0 Å². The van der Waals surface area contributed by atoms with Crippen molar-refractivity contribution in [2.45, 2.75) is 18.8 Å². The van der Waals surface area contributed by atoms with Crippen molar-refractivity contribution in [3.63, 3.8) is 0 Å². The molecule has 0 bridgehead atoms. The first-order chi connectivity index (χ1) is 13.2. The molecule has 3 aromatic carbocycles. The van der Waals surface area contributed by atoms with E-state index in [1.54, 1.807) is 0 Å². The molecule has 27 heavy (non-hydrogen) atoms. The highest BCUT2D eigenvalue weighted by molar-refractivity contribution is 6.31. The molecule has 1 atom stereocenters. The van der Waals surface area contributed by atoms with Gasteiger partial charge in [0, 0.05) is 22.2 Å². The Morgan fingerprint density at radius 3 is 2.56 bits per heavy atom. The average molecular weight is 372 g/mol. The van der Waals surface area contributed by atoms with Crippen molar-refractivity contribution < 1.29 is 4.79 Å². The van der Waals surface area contributed by atoms with Gasteiger partial charge in [0.25, 0.3) is 5.91 Å². The SMILES string of the molecule is O=C1Nc2cc(Cl)ccc2C2CCc3ccccc3C(c3ccccc3)=C12. The van der Waals surface area contributed by atoms with Gasteiger partial charge in [0.2, 0.25) is 0 Å².